The van der Waals surface area contributed by atoms with Crippen molar-refractivity contribution in [2.45, 2.75) is 6.54 Å². The van der Waals surface area contributed by atoms with Crippen LogP contribution in [0.15, 0.2) is 16.5 Å². The summed E-state index contributed by atoms with van der Waals surface area (Å²) in [6.07, 6.45) is 0. The topological polar surface area (TPSA) is 88.6 Å². The first-order chi connectivity index (χ1) is 7.58. The number of nitrogens with one attached hydrogen (secondary N) is 1. The summed E-state index contributed by atoms with van der Waals surface area (Å²) in [6.45, 7) is 0.237. The molecule has 6 heteroatoms. The lowest BCUT2D eigenvalue weighted by Crippen LogP contribution is -2.36. The van der Waals surface area contributed by atoms with E-state index in [0.717, 1.165) is 0 Å². The van der Waals surface area contributed by atoms with Crippen LogP contribution in [0.2, 0.25) is 0 Å². The maximum Gasteiger partial charge on any atom is 0.289 e. The molecule has 0 aliphatic carbocycles. The average Bonchev–Trinajstić information content (AvgIpc) is 2.76. The number of likely N-dealkylation sites (N-methyl/N-ethyl adjacent to an activating group) is 2. The molecule has 1 heterocycles. The quantitative estimate of drug-likeness (QED) is 0.726. The van der Waals surface area contributed by atoms with Gasteiger partial charge in [-0.1, -0.05) is 0 Å². The molecule has 16 heavy (non-hydrogen) atoms. The van der Waals surface area contributed by atoms with Gasteiger partial charge in [0.05, 0.1) is 13.1 Å². The Hall–Kier alpha value is -1.82. The number of furan rings is 1. The lowest BCUT2D eigenvalue weighted by atomic mass is 10.3. The molecule has 2 amide bonds. The van der Waals surface area contributed by atoms with Gasteiger partial charge < -0.3 is 20.4 Å². The van der Waals surface area contributed by atoms with E-state index in [1.54, 1.807) is 12.1 Å². The zero-order chi connectivity index (χ0) is 12.1. The second-order valence-electron chi connectivity index (χ2n) is 3.30. The Balaban J connectivity index is 2.66. The van der Waals surface area contributed by atoms with Crippen LogP contribution in [0.25, 0.3) is 0 Å². The van der Waals surface area contributed by atoms with Gasteiger partial charge in [-0.25, -0.2) is 0 Å². The highest BCUT2D eigenvalue weighted by atomic mass is 16.4. The van der Waals surface area contributed by atoms with Crippen molar-refractivity contribution in [1.29, 1.82) is 0 Å². The standard InChI is InChI=1S/C10H15N3O3/c1-12-9(14)6-13(2)10(15)8-4-3-7(5-11)16-8/h3-4H,5-6,11H2,1-2H3,(H,12,14). The SMILES string of the molecule is CNC(=O)CN(C)C(=O)c1ccc(CN)o1. The Kier molecular flexibility index (Phi) is 4.07. The van der Waals surface area contributed by atoms with Crippen LogP contribution in [-0.2, 0) is 11.3 Å². The highest BCUT2D eigenvalue weighted by Crippen LogP contribution is 2.09. The predicted octanol–water partition coefficient (Wildman–Crippen LogP) is -0.444. The van der Waals surface area contributed by atoms with Crippen molar-refractivity contribution in [2.24, 2.45) is 5.73 Å². The molecular weight excluding hydrogens is 210 g/mol. The molecule has 1 aromatic heterocycles. The van der Waals surface area contributed by atoms with E-state index >= 15 is 0 Å². The number of nitrogens with zero attached hydrogens (tertiary/aromatic N) is 1. The Morgan fingerprint density at radius 2 is 2.19 bits per heavy atom. The summed E-state index contributed by atoms with van der Waals surface area (Å²) in [4.78, 5) is 24.1. The summed E-state index contributed by atoms with van der Waals surface area (Å²) < 4.78 is 5.18. The molecule has 88 valence electrons. The maximum atomic E-state index is 11.7. The van der Waals surface area contributed by atoms with Gasteiger partial charge in [0.1, 0.15) is 5.76 Å². The van der Waals surface area contributed by atoms with Gasteiger partial charge in [-0.2, -0.15) is 0 Å². The van der Waals surface area contributed by atoms with E-state index in [1.165, 1.54) is 19.0 Å². The molecular formula is C10H15N3O3. The molecule has 0 aliphatic rings. The van der Waals surface area contributed by atoms with Crippen LogP contribution in [-0.4, -0.2) is 37.4 Å². The molecule has 0 saturated heterocycles. The molecule has 0 bridgehead atoms. The number of amides is 2. The molecule has 0 radical (unpaired) electrons. The Morgan fingerprint density at radius 3 is 2.69 bits per heavy atom. The monoisotopic (exact) mass is 225 g/mol. The van der Waals surface area contributed by atoms with Crippen LogP contribution in [0.5, 0.6) is 0 Å². The molecule has 0 spiro atoms. The van der Waals surface area contributed by atoms with Gasteiger partial charge in [0.15, 0.2) is 5.76 Å². The second-order valence-corrected chi connectivity index (χ2v) is 3.30. The number of nitrogens with two attached hydrogens (primary N) is 1. The fourth-order valence-corrected chi connectivity index (χ4v) is 1.16. The fourth-order valence-electron chi connectivity index (χ4n) is 1.16. The third-order valence-corrected chi connectivity index (χ3v) is 2.08. The van der Waals surface area contributed by atoms with Crippen molar-refractivity contribution in [3.63, 3.8) is 0 Å². The molecule has 1 aromatic rings. The molecule has 0 atom stereocenters. The van der Waals surface area contributed by atoms with Crippen LogP contribution in [0.3, 0.4) is 0 Å². The van der Waals surface area contributed by atoms with Crippen molar-refractivity contribution < 1.29 is 14.0 Å². The summed E-state index contributed by atoms with van der Waals surface area (Å²) in [5.41, 5.74) is 5.36. The Bertz CT molecular complexity index is 386. The van der Waals surface area contributed by atoms with Crippen molar-refractivity contribution in [3.05, 3.63) is 23.7 Å². The molecule has 3 N–H and O–H groups in total. The van der Waals surface area contributed by atoms with Crippen molar-refractivity contribution >= 4 is 11.8 Å². The van der Waals surface area contributed by atoms with Crippen LogP contribution in [0.4, 0.5) is 0 Å². The predicted molar refractivity (Wildman–Crippen MR) is 57.6 cm³/mol. The first-order valence-corrected chi connectivity index (χ1v) is 4.83. The summed E-state index contributed by atoms with van der Waals surface area (Å²) >= 11 is 0. The van der Waals surface area contributed by atoms with Gasteiger partial charge in [0.2, 0.25) is 5.91 Å². The van der Waals surface area contributed by atoms with Crippen LogP contribution in [0, 0.1) is 0 Å². The molecule has 0 unspecified atom stereocenters. The number of hydrogen-bond acceptors (Lipinski definition) is 4. The van der Waals surface area contributed by atoms with Gasteiger partial charge in [0.25, 0.3) is 5.91 Å². The smallest absolute Gasteiger partial charge is 0.289 e. The molecule has 1 rings (SSSR count). The number of carbonyl (C=O) groups is 2. The summed E-state index contributed by atoms with van der Waals surface area (Å²) in [5.74, 6) is 0.147. The van der Waals surface area contributed by atoms with Crippen LogP contribution >= 0.6 is 0 Å². The Morgan fingerprint density at radius 1 is 1.50 bits per heavy atom. The fraction of sp³-hybridized carbons (Fsp3) is 0.400. The third kappa shape index (κ3) is 2.83. The second kappa shape index (κ2) is 5.32. The third-order valence-electron chi connectivity index (χ3n) is 2.08. The van der Waals surface area contributed by atoms with Gasteiger partial charge in [-0.05, 0) is 12.1 Å². The Labute approximate surface area is 93.4 Å². The lowest BCUT2D eigenvalue weighted by Gasteiger charge is -2.14. The van der Waals surface area contributed by atoms with Gasteiger partial charge in [-0.3, -0.25) is 9.59 Å². The van der Waals surface area contributed by atoms with Crippen LogP contribution < -0.4 is 11.1 Å². The number of carbonyl (C=O) groups excluding carboxylic acids is 2. The zero-order valence-electron chi connectivity index (χ0n) is 9.32. The van der Waals surface area contributed by atoms with Gasteiger partial charge >= 0.3 is 0 Å². The normalized spacial score (nSPS) is 9.94. The first kappa shape index (κ1) is 12.3. The van der Waals surface area contributed by atoms with Crippen molar-refractivity contribution in [1.82, 2.24) is 10.2 Å². The molecule has 0 fully saturated rings. The van der Waals surface area contributed by atoms with Crippen molar-refractivity contribution in [2.75, 3.05) is 20.6 Å². The van der Waals surface area contributed by atoms with E-state index < -0.39 is 0 Å². The van der Waals surface area contributed by atoms with E-state index in [1.807, 2.05) is 0 Å². The summed E-state index contributed by atoms with van der Waals surface area (Å²) in [6, 6.07) is 3.19. The van der Waals surface area contributed by atoms with E-state index in [4.69, 9.17) is 10.2 Å². The molecule has 6 nitrogen and oxygen atoms in total. The average molecular weight is 225 g/mol. The van der Waals surface area contributed by atoms with E-state index in [0.29, 0.717) is 5.76 Å². The minimum absolute atomic E-state index is 0.00596. The first-order valence-electron chi connectivity index (χ1n) is 4.83. The van der Waals surface area contributed by atoms with Crippen LogP contribution in [0.1, 0.15) is 16.3 Å². The largest absolute Gasteiger partial charge is 0.455 e. The molecule has 0 aromatic carbocycles. The summed E-state index contributed by atoms with van der Waals surface area (Å²) in [5, 5.41) is 2.44. The van der Waals surface area contributed by atoms with Crippen molar-refractivity contribution in [3.8, 4) is 0 Å². The number of hydrogen-bond donors (Lipinski definition) is 2. The lowest BCUT2D eigenvalue weighted by molar-refractivity contribution is -0.121. The highest BCUT2D eigenvalue weighted by Gasteiger charge is 2.17. The van der Waals surface area contributed by atoms with E-state index in [2.05, 4.69) is 5.32 Å². The minimum Gasteiger partial charge on any atom is -0.455 e. The van der Waals surface area contributed by atoms with E-state index in [9.17, 15) is 9.59 Å². The maximum absolute atomic E-state index is 11.7. The summed E-state index contributed by atoms with van der Waals surface area (Å²) in [7, 11) is 3.04. The highest BCUT2D eigenvalue weighted by molar-refractivity contribution is 5.94. The zero-order valence-corrected chi connectivity index (χ0v) is 9.32. The minimum atomic E-state index is -0.344. The molecule has 0 saturated carbocycles. The molecule has 0 aliphatic heterocycles. The number of rotatable bonds is 4. The van der Waals surface area contributed by atoms with E-state index in [-0.39, 0.29) is 30.7 Å². The van der Waals surface area contributed by atoms with Gasteiger partial charge in [0, 0.05) is 14.1 Å². The van der Waals surface area contributed by atoms with Gasteiger partial charge in [-0.15, -0.1) is 0 Å².